The molecule has 1 saturated heterocycles. The van der Waals surface area contributed by atoms with Gasteiger partial charge in [-0.2, -0.15) is 0 Å². The minimum Gasteiger partial charge on any atom is -0.392 e. The molecule has 0 radical (unpaired) electrons. The molecule has 1 aromatic carbocycles. The second-order valence-corrected chi connectivity index (χ2v) is 5.50. The largest absolute Gasteiger partial charge is 0.392 e. The van der Waals surface area contributed by atoms with Gasteiger partial charge >= 0.3 is 0 Å². The van der Waals surface area contributed by atoms with Gasteiger partial charge in [0.25, 0.3) is 0 Å². The molecule has 1 fully saturated rings. The molecule has 2 N–H and O–H groups in total. The van der Waals surface area contributed by atoms with Crippen LogP contribution in [-0.4, -0.2) is 41.1 Å². The fraction of sp³-hybridized carbons (Fsp3) is 0.562. The third-order valence-electron chi connectivity index (χ3n) is 3.90. The summed E-state index contributed by atoms with van der Waals surface area (Å²) in [6.45, 7) is 3.54. The molecule has 2 unspecified atom stereocenters. The van der Waals surface area contributed by atoms with Crippen LogP contribution in [0.4, 0.5) is 5.69 Å². The summed E-state index contributed by atoms with van der Waals surface area (Å²) in [5, 5.41) is 12.7. The molecule has 1 aliphatic heterocycles. The Morgan fingerprint density at radius 2 is 2.15 bits per heavy atom. The van der Waals surface area contributed by atoms with Crippen LogP contribution in [0.5, 0.6) is 0 Å². The Hall–Kier alpha value is -1.39. The summed E-state index contributed by atoms with van der Waals surface area (Å²) in [5.41, 5.74) is 0.836. The highest BCUT2D eigenvalue weighted by atomic mass is 16.3. The van der Waals surface area contributed by atoms with E-state index in [1.165, 1.54) is 6.42 Å². The standard InChI is InChI=1S/C16H24N2O2/c1-13(19)15-9-5-6-11-18(15)12-10-16(20)17-14-7-3-2-4-8-14/h2-4,7-8,13,15,19H,5-6,9-12H2,1H3,(H,17,20). The summed E-state index contributed by atoms with van der Waals surface area (Å²) in [7, 11) is 0. The van der Waals surface area contributed by atoms with Crippen molar-refractivity contribution in [1.29, 1.82) is 0 Å². The van der Waals surface area contributed by atoms with Crippen molar-refractivity contribution in [3.05, 3.63) is 30.3 Å². The topological polar surface area (TPSA) is 52.6 Å². The number of hydrogen-bond donors (Lipinski definition) is 2. The molecule has 110 valence electrons. The lowest BCUT2D eigenvalue weighted by Crippen LogP contribution is -2.46. The Bertz CT molecular complexity index is 420. The molecule has 1 heterocycles. The van der Waals surface area contributed by atoms with Crippen molar-refractivity contribution in [2.24, 2.45) is 0 Å². The molecule has 0 bridgehead atoms. The highest BCUT2D eigenvalue weighted by Gasteiger charge is 2.26. The molecule has 2 atom stereocenters. The molecule has 4 nitrogen and oxygen atoms in total. The number of hydrogen-bond acceptors (Lipinski definition) is 3. The lowest BCUT2D eigenvalue weighted by atomic mass is 9.98. The molecule has 1 aromatic rings. The number of aliphatic hydroxyl groups excluding tert-OH is 1. The third-order valence-corrected chi connectivity index (χ3v) is 3.90. The highest BCUT2D eigenvalue weighted by Crippen LogP contribution is 2.20. The van der Waals surface area contributed by atoms with Crippen LogP contribution < -0.4 is 5.32 Å². The van der Waals surface area contributed by atoms with Gasteiger partial charge in [0.2, 0.25) is 5.91 Å². The summed E-state index contributed by atoms with van der Waals surface area (Å²) < 4.78 is 0. The van der Waals surface area contributed by atoms with Crippen LogP contribution in [0.2, 0.25) is 0 Å². The summed E-state index contributed by atoms with van der Waals surface area (Å²) in [6.07, 6.45) is 3.49. The van der Waals surface area contributed by atoms with Crippen molar-refractivity contribution in [1.82, 2.24) is 4.90 Å². The van der Waals surface area contributed by atoms with Crippen LogP contribution in [-0.2, 0) is 4.79 Å². The molecule has 0 aliphatic carbocycles. The number of benzene rings is 1. The SMILES string of the molecule is CC(O)C1CCCCN1CCC(=O)Nc1ccccc1. The number of carbonyl (C=O) groups excluding carboxylic acids is 1. The minimum atomic E-state index is -0.326. The van der Waals surface area contributed by atoms with Gasteiger partial charge in [0.15, 0.2) is 0 Å². The number of nitrogens with one attached hydrogen (secondary N) is 1. The van der Waals surface area contributed by atoms with E-state index in [1.807, 2.05) is 37.3 Å². The van der Waals surface area contributed by atoms with E-state index >= 15 is 0 Å². The first kappa shape index (κ1) is 15.0. The smallest absolute Gasteiger partial charge is 0.225 e. The molecule has 0 saturated carbocycles. The Balaban J connectivity index is 1.80. The van der Waals surface area contributed by atoms with Crippen LogP contribution in [0, 0.1) is 0 Å². The molecular weight excluding hydrogens is 252 g/mol. The van der Waals surface area contributed by atoms with Crippen molar-refractivity contribution in [3.63, 3.8) is 0 Å². The Kier molecular flexibility index (Phi) is 5.56. The molecule has 0 aromatic heterocycles. The number of aliphatic hydroxyl groups is 1. The second kappa shape index (κ2) is 7.41. The molecular formula is C16H24N2O2. The zero-order valence-electron chi connectivity index (χ0n) is 12.1. The quantitative estimate of drug-likeness (QED) is 0.867. The number of para-hydroxylation sites is 1. The van der Waals surface area contributed by atoms with Crippen LogP contribution >= 0.6 is 0 Å². The fourth-order valence-electron chi connectivity index (χ4n) is 2.83. The van der Waals surface area contributed by atoms with E-state index in [2.05, 4.69) is 10.2 Å². The van der Waals surface area contributed by atoms with E-state index in [4.69, 9.17) is 0 Å². The third kappa shape index (κ3) is 4.32. The van der Waals surface area contributed by atoms with Gasteiger partial charge in [-0.1, -0.05) is 24.6 Å². The van der Waals surface area contributed by atoms with Gasteiger partial charge in [-0.05, 0) is 38.4 Å². The normalized spacial score (nSPS) is 21.4. The summed E-state index contributed by atoms with van der Waals surface area (Å²) in [5.74, 6) is 0.0334. The van der Waals surface area contributed by atoms with E-state index in [1.54, 1.807) is 0 Å². The first-order chi connectivity index (χ1) is 9.66. The van der Waals surface area contributed by atoms with Gasteiger partial charge in [-0.15, -0.1) is 0 Å². The molecule has 20 heavy (non-hydrogen) atoms. The predicted octanol–water partition coefficient (Wildman–Crippen LogP) is 2.25. The lowest BCUT2D eigenvalue weighted by Gasteiger charge is -2.37. The van der Waals surface area contributed by atoms with Gasteiger partial charge in [0.05, 0.1) is 6.10 Å². The Morgan fingerprint density at radius 3 is 2.85 bits per heavy atom. The van der Waals surface area contributed by atoms with E-state index < -0.39 is 0 Å². The van der Waals surface area contributed by atoms with Crippen LogP contribution in [0.25, 0.3) is 0 Å². The van der Waals surface area contributed by atoms with Gasteiger partial charge in [0.1, 0.15) is 0 Å². The van der Waals surface area contributed by atoms with Gasteiger partial charge < -0.3 is 10.4 Å². The average molecular weight is 276 g/mol. The molecule has 0 spiro atoms. The second-order valence-electron chi connectivity index (χ2n) is 5.50. The maximum absolute atomic E-state index is 11.9. The molecule has 1 aliphatic rings. The van der Waals surface area contributed by atoms with Crippen molar-refractivity contribution in [2.75, 3.05) is 18.4 Å². The minimum absolute atomic E-state index is 0.0334. The van der Waals surface area contributed by atoms with Crippen molar-refractivity contribution in [2.45, 2.75) is 44.8 Å². The molecule has 4 heteroatoms. The molecule has 2 rings (SSSR count). The number of anilines is 1. The number of rotatable bonds is 5. The first-order valence-electron chi connectivity index (χ1n) is 7.44. The van der Waals surface area contributed by atoms with E-state index in [9.17, 15) is 9.90 Å². The Morgan fingerprint density at radius 1 is 1.40 bits per heavy atom. The highest BCUT2D eigenvalue weighted by molar-refractivity contribution is 5.90. The summed E-state index contributed by atoms with van der Waals surface area (Å²) in [6, 6.07) is 9.71. The number of amides is 1. The van der Waals surface area contributed by atoms with Crippen molar-refractivity contribution >= 4 is 11.6 Å². The number of likely N-dealkylation sites (tertiary alicyclic amines) is 1. The number of piperidine rings is 1. The monoisotopic (exact) mass is 276 g/mol. The number of carbonyl (C=O) groups is 1. The lowest BCUT2D eigenvalue weighted by molar-refractivity contribution is -0.116. The first-order valence-corrected chi connectivity index (χ1v) is 7.44. The van der Waals surface area contributed by atoms with Crippen LogP contribution in [0.15, 0.2) is 30.3 Å². The van der Waals surface area contributed by atoms with E-state index in [-0.39, 0.29) is 18.1 Å². The van der Waals surface area contributed by atoms with E-state index in [0.29, 0.717) is 13.0 Å². The van der Waals surface area contributed by atoms with Crippen LogP contribution in [0.1, 0.15) is 32.6 Å². The van der Waals surface area contributed by atoms with Crippen molar-refractivity contribution < 1.29 is 9.90 Å². The maximum atomic E-state index is 11.9. The van der Waals surface area contributed by atoms with E-state index in [0.717, 1.165) is 25.1 Å². The zero-order valence-corrected chi connectivity index (χ0v) is 12.1. The van der Waals surface area contributed by atoms with Crippen LogP contribution in [0.3, 0.4) is 0 Å². The summed E-state index contributed by atoms with van der Waals surface area (Å²) >= 11 is 0. The molecule has 1 amide bonds. The van der Waals surface area contributed by atoms with Crippen molar-refractivity contribution in [3.8, 4) is 0 Å². The van der Waals surface area contributed by atoms with Gasteiger partial charge in [0, 0.05) is 24.7 Å². The Labute approximate surface area is 120 Å². The summed E-state index contributed by atoms with van der Waals surface area (Å²) in [4.78, 5) is 14.2. The fourth-order valence-corrected chi connectivity index (χ4v) is 2.83. The predicted molar refractivity (Wildman–Crippen MR) is 80.6 cm³/mol. The number of nitrogens with zero attached hydrogens (tertiary/aromatic N) is 1. The maximum Gasteiger partial charge on any atom is 0.225 e. The zero-order chi connectivity index (χ0) is 14.4. The van der Waals surface area contributed by atoms with Gasteiger partial charge in [-0.25, -0.2) is 0 Å². The van der Waals surface area contributed by atoms with Gasteiger partial charge in [-0.3, -0.25) is 9.69 Å². The average Bonchev–Trinajstić information content (AvgIpc) is 2.46.